The van der Waals surface area contributed by atoms with Gasteiger partial charge in [0.1, 0.15) is 0 Å². The summed E-state index contributed by atoms with van der Waals surface area (Å²) in [6, 6.07) is 7.48. The molecule has 2 heterocycles. The number of nitrogens with zero attached hydrogens (tertiary/aromatic N) is 3. The van der Waals surface area contributed by atoms with Gasteiger partial charge in [-0.05, 0) is 51.8 Å². The van der Waals surface area contributed by atoms with Crippen LogP contribution in [0.4, 0.5) is 0 Å². The summed E-state index contributed by atoms with van der Waals surface area (Å²) in [5, 5.41) is 9.52. The Kier molecular flexibility index (Phi) is 7.92. The Hall–Kier alpha value is -2.42. The quantitative estimate of drug-likeness (QED) is 0.248. The number of aryl methyl sites for hydroxylation is 1. The van der Waals surface area contributed by atoms with Gasteiger partial charge in [0.2, 0.25) is 0 Å². The predicted molar refractivity (Wildman–Crippen MR) is 127 cm³/mol. The summed E-state index contributed by atoms with van der Waals surface area (Å²) in [4.78, 5) is 28.2. The van der Waals surface area contributed by atoms with Crippen LogP contribution in [0.1, 0.15) is 52.4 Å². The summed E-state index contributed by atoms with van der Waals surface area (Å²) in [7, 11) is 1.66. The van der Waals surface area contributed by atoms with Crippen molar-refractivity contribution in [2.45, 2.75) is 51.1 Å². The van der Waals surface area contributed by atoms with Crippen molar-refractivity contribution >= 4 is 34.9 Å². The molecular weight excluding hydrogens is 448 g/mol. The smallest absolute Gasteiger partial charge is 0.192 e. The van der Waals surface area contributed by atoms with Gasteiger partial charge in [0, 0.05) is 37.1 Å². The molecule has 0 spiro atoms. The Labute approximate surface area is 196 Å². The minimum absolute atomic E-state index is 0.0575. The lowest BCUT2D eigenvalue weighted by molar-refractivity contribution is 0.0988. The molecule has 0 fully saturated rings. The molecule has 32 heavy (non-hydrogen) atoms. The second-order valence-corrected chi connectivity index (χ2v) is 9.30. The molecule has 3 aromatic rings. The topological polar surface area (TPSA) is 89.9 Å². The summed E-state index contributed by atoms with van der Waals surface area (Å²) in [6.07, 6.45) is 0.763. The van der Waals surface area contributed by atoms with Crippen LogP contribution in [0.2, 0.25) is 5.02 Å². The zero-order valence-electron chi connectivity index (χ0n) is 18.9. The number of rotatable bonds is 10. The fraction of sp³-hybridized carbons (Fsp3) is 0.391. The average Bonchev–Trinajstić information content (AvgIpc) is 3.27. The Morgan fingerprint density at radius 2 is 1.97 bits per heavy atom. The van der Waals surface area contributed by atoms with Crippen molar-refractivity contribution in [2.75, 3.05) is 13.7 Å². The van der Waals surface area contributed by atoms with Crippen molar-refractivity contribution in [2.24, 2.45) is 0 Å². The van der Waals surface area contributed by atoms with Crippen molar-refractivity contribution in [3.05, 3.63) is 51.8 Å². The Balaban J connectivity index is 1.91. The molecule has 1 unspecified atom stereocenters. The van der Waals surface area contributed by atoms with E-state index in [0.29, 0.717) is 51.7 Å². The van der Waals surface area contributed by atoms with Crippen LogP contribution in [0.15, 0.2) is 29.4 Å². The minimum atomic E-state index is -0.434. The van der Waals surface area contributed by atoms with Gasteiger partial charge in [0.05, 0.1) is 16.0 Å². The Morgan fingerprint density at radius 3 is 2.59 bits per heavy atom. The molecule has 0 radical (unpaired) electrons. The van der Waals surface area contributed by atoms with Crippen LogP contribution < -0.4 is 0 Å². The van der Waals surface area contributed by atoms with E-state index in [-0.39, 0.29) is 11.6 Å². The largest absolute Gasteiger partial charge is 0.385 e. The summed E-state index contributed by atoms with van der Waals surface area (Å²) >= 11 is 7.73. The normalized spacial score (nSPS) is 12.2. The molecule has 9 heteroatoms. The number of halogens is 1. The Bertz CT molecular complexity index is 1140. The highest BCUT2D eigenvalue weighted by Gasteiger charge is 2.26. The van der Waals surface area contributed by atoms with Crippen molar-refractivity contribution in [1.29, 1.82) is 0 Å². The molecule has 1 atom stereocenters. The van der Waals surface area contributed by atoms with Gasteiger partial charge in [-0.25, -0.2) is 0 Å². The number of Topliss-reactive ketones (excluding diaryl/α,β-unsaturated/α-hetero) is 2. The fourth-order valence-corrected chi connectivity index (χ4v) is 4.88. The van der Waals surface area contributed by atoms with Gasteiger partial charge >= 0.3 is 0 Å². The summed E-state index contributed by atoms with van der Waals surface area (Å²) in [6.45, 7) is 8.16. The lowest BCUT2D eigenvalue weighted by Gasteiger charge is -2.13. The van der Waals surface area contributed by atoms with Crippen LogP contribution in [0, 0.1) is 13.8 Å². The summed E-state index contributed by atoms with van der Waals surface area (Å²) in [5.74, 6) is 0.506. The monoisotopic (exact) mass is 474 g/mol. The summed E-state index contributed by atoms with van der Waals surface area (Å²) in [5.41, 5.74) is 3.22. The Morgan fingerprint density at radius 1 is 1.25 bits per heavy atom. The minimum Gasteiger partial charge on any atom is -0.385 e. The van der Waals surface area contributed by atoms with Crippen LogP contribution in [-0.2, 0) is 11.3 Å². The second kappa shape index (κ2) is 10.5. The van der Waals surface area contributed by atoms with E-state index < -0.39 is 5.25 Å². The van der Waals surface area contributed by atoms with E-state index in [2.05, 4.69) is 15.2 Å². The average molecular weight is 475 g/mol. The highest BCUT2D eigenvalue weighted by Crippen LogP contribution is 2.32. The van der Waals surface area contributed by atoms with Gasteiger partial charge in [-0.3, -0.25) is 9.59 Å². The third-order valence-electron chi connectivity index (χ3n) is 5.25. The number of benzene rings is 1. The highest BCUT2D eigenvalue weighted by molar-refractivity contribution is 8.00. The fourth-order valence-electron chi connectivity index (χ4n) is 3.73. The van der Waals surface area contributed by atoms with Gasteiger partial charge in [-0.15, -0.1) is 10.2 Å². The molecule has 0 saturated carbocycles. The number of ketones is 2. The first-order valence-electron chi connectivity index (χ1n) is 10.3. The van der Waals surface area contributed by atoms with E-state index in [4.69, 9.17) is 16.3 Å². The van der Waals surface area contributed by atoms with Crippen molar-refractivity contribution in [3.63, 3.8) is 0 Å². The van der Waals surface area contributed by atoms with Gasteiger partial charge in [-0.1, -0.05) is 35.5 Å². The molecule has 0 aliphatic heterocycles. The first-order valence-corrected chi connectivity index (χ1v) is 11.6. The van der Waals surface area contributed by atoms with Crippen LogP contribution in [0.3, 0.4) is 0 Å². The first kappa shape index (κ1) is 24.2. The van der Waals surface area contributed by atoms with E-state index in [1.54, 1.807) is 21.0 Å². The number of hydrogen-bond acceptors (Lipinski definition) is 6. The van der Waals surface area contributed by atoms with Crippen molar-refractivity contribution < 1.29 is 14.3 Å². The number of thioether (sulfide) groups is 1. The van der Waals surface area contributed by atoms with E-state index in [1.807, 2.05) is 35.8 Å². The predicted octanol–water partition coefficient (Wildman–Crippen LogP) is 5.15. The maximum absolute atomic E-state index is 13.2. The molecule has 3 rings (SSSR count). The first-order chi connectivity index (χ1) is 15.3. The van der Waals surface area contributed by atoms with E-state index >= 15 is 0 Å². The van der Waals surface area contributed by atoms with Crippen molar-refractivity contribution in [1.82, 2.24) is 19.7 Å². The van der Waals surface area contributed by atoms with Crippen LogP contribution in [0.5, 0.6) is 0 Å². The molecule has 0 aliphatic carbocycles. The number of hydrogen-bond donors (Lipinski definition) is 1. The number of methoxy groups -OCH3 is 1. The molecular formula is C23H27ClN4O3S. The van der Waals surface area contributed by atoms with Crippen molar-refractivity contribution in [3.8, 4) is 11.4 Å². The SMILES string of the molecule is COCCCn1c(SC(C)C(=O)c2[nH]c(C)c(C(C)=O)c2C)nnc1-c1ccccc1Cl. The number of H-pyrrole nitrogens is 1. The molecule has 7 nitrogen and oxygen atoms in total. The van der Waals surface area contributed by atoms with Crippen LogP contribution >= 0.6 is 23.4 Å². The molecule has 2 aromatic heterocycles. The van der Waals surface area contributed by atoms with E-state index in [1.165, 1.54) is 18.7 Å². The molecule has 1 N–H and O–H groups in total. The van der Waals surface area contributed by atoms with Gasteiger partial charge < -0.3 is 14.3 Å². The lowest BCUT2D eigenvalue weighted by Crippen LogP contribution is -2.17. The number of carbonyl (C=O) groups excluding carboxylic acids is 2. The van der Waals surface area contributed by atoms with Crippen LogP contribution in [-0.4, -0.2) is 50.3 Å². The molecule has 170 valence electrons. The van der Waals surface area contributed by atoms with E-state index in [9.17, 15) is 9.59 Å². The number of aromatic amines is 1. The van der Waals surface area contributed by atoms with Gasteiger partial charge in [0.25, 0.3) is 0 Å². The molecule has 1 aromatic carbocycles. The molecule has 0 amide bonds. The third-order valence-corrected chi connectivity index (χ3v) is 6.66. The third kappa shape index (κ3) is 4.98. The molecule has 0 saturated heterocycles. The zero-order chi connectivity index (χ0) is 23.4. The number of carbonyl (C=O) groups is 2. The highest BCUT2D eigenvalue weighted by atomic mass is 35.5. The van der Waals surface area contributed by atoms with E-state index in [0.717, 1.165) is 12.0 Å². The van der Waals surface area contributed by atoms with Gasteiger partial charge in [0.15, 0.2) is 22.5 Å². The molecule has 0 bridgehead atoms. The number of aromatic nitrogens is 4. The molecule has 0 aliphatic rings. The second-order valence-electron chi connectivity index (χ2n) is 7.59. The zero-order valence-corrected chi connectivity index (χ0v) is 20.4. The number of ether oxygens (including phenoxy) is 1. The number of nitrogens with one attached hydrogen (secondary N) is 1. The maximum atomic E-state index is 13.2. The summed E-state index contributed by atoms with van der Waals surface area (Å²) < 4.78 is 7.17. The maximum Gasteiger partial charge on any atom is 0.192 e. The van der Waals surface area contributed by atoms with Crippen LogP contribution in [0.25, 0.3) is 11.4 Å². The van der Waals surface area contributed by atoms with Gasteiger partial charge in [-0.2, -0.15) is 0 Å². The standard InChI is InChI=1S/C23H27ClN4O3S/c1-13-19(15(3)29)14(2)25-20(13)21(30)16(4)32-23-27-26-22(28(23)11-8-12-31-5)17-9-6-7-10-18(17)24/h6-7,9-10,16,25H,8,11-12H2,1-5H3. The lowest BCUT2D eigenvalue weighted by atomic mass is 10.0.